The highest BCUT2D eigenvalue weighted by atomic mass is 16.5. The summed E-state index contributed by atoms with van der Waals surface area (Å²) in [5.74, 6) is -1.24. The molecule has 1 aromatic carbocycles. The highest BCUT2D eigenvalue weighted by Crippen LogP contribution is 2.16. The summed E-state index contributed by atoms with van der Waals surface area (Å²) in [5, 5.41) is 8.95. The molecule has 0 aromatic heterocycles. The molecule has 3 N–H and O–H groups in total. The Labute approximate surface area is 117 Å². The Balaban J connectivity index is 2.15. The van der Waals surface area contributed by atoms with Gasteiger partial charge in [-0.05, 0) is 24.6 Å². The number of carboxylic acids is 1. The third-order valence-electron chi connectivity index (χ3n) is 3.56. The first kappa shape index (κ1) is 14.5. The fourth-order valence-electron chi connectivity index (χ4n) is 2.34. The van der Waals surface area contributed by atoms with Gasteiger partial charge in [-0.15, -0.1) is 0 Å². The van der Waals surface area contributed by atoms with Gasteiger partial charge in [-0.3, -0.25) is 4.79 Å². The molecule has 1 aliphatic rings. The van der Waals surface area contributed by atoms with Gasteiger partial charge in [0.15, 0.2) is 0 Å². The number of benzene rings is 1. The van der Waals surface area contributed by atoms with Crippen LogP contribution in [0, 0.1) is 0 Å². The first-order valence-corrected chi connectivity index (χ1v) is 6.44. The van der Waals surface area contributed by atoms with Crippen LogP contribution in [0.4, 0.5) is 0 Å². The maximum atomic E-state index is 12.4. The van der Waals surface area contributed by atoms with E-state index in [1.807, 2.05) is 0 Å². The number of piperidine rings is 1. The molecule has 0 aliphatic carbocycles. The molecule has 108 valence electrons. The van der Waals surface area contributed by atoms with Crippen LogP contribution in [0.3, 0.4) is 0 Å². The minimum atomic E-state index is -1.05. The van der Waals surface area contributed by atoms with Crippen LogP contribution >= 0.6 is 0 Å². The fraction of sp³-hybridized carbons (Fsp3) is 0.429. The van der Waals surface area contributed by atoms with E-state index >= 15 is 0 Å². The number of hydrogen-bond acceptors (Lipinski definition) is 4. The van der Waals surface area contributed by atoms with E-state index in [0.717, 1.165) is 0 Å². The first-order chi connectivity index (χ1) is 9.52. The van der Waals surface area contributed by atoms with E-state index in [9.17, 15) is 9.59 Å². The van der Waals surface area contributed by atoms with Gasteiger partial charge in [0.2, 0.25) is 0 Å². The van der Waals surface area contributed by atoms with Crippen LogP contribution < -0.4 is 5.73 Å². The minimum Gasteiger partial charge on any atom is -0.478 e. The van der Waals surface area contributed by atoms with Crippen molar-refractivity contribution in [2.45, 2.75) is 18.6 Å². The third kappa shape index (κ3) is 2.97. The molecule has 6 nitrogen and oxygen atoms in total. The molecule has 2 rings (SSSR count). The van der Waals surface area contributed by atoms with Crippen molar-refractivity contribution < 1.29 is 19.4 Å². The van der Waals surface area contributed by atoms with Crippen LogP contribution in [0.2, 0.25) is 0 Å². The zero-order chi connectivity index (χ0) is 14.7. The second-order valence-electron chi connectivity index (χ2n) is 4.86. The van der Waals surface area contributed by atoms with Gasteiger partial charge >= 0.3 is 5.97 Å². The zero-order valence-electron chi connectivity index (χ0n) is 11.3. The van der Waals surface area contributed by atoms with E-state index in [-0.39, 0.29) is 23.6 Å². The Kier molecular flexibility index (Phi) is 4.36. The van der Waals surface area contributed by atoms with Crippen LogP contribution in [-0.2, 0) is 4.74 Å². The lowest BCUT2D eigenvalue weighted by atomic mass is 10.0. The van der Waals surface area contributed by atoms with Crippen molar-refractivity contribution in [3.63, 3.8) is 0 Å². The van der Waals surface area contributed by atoms with Crippen molar-refractivity contribution in [2.75, 3.05) is 20.2 Å². The number of carbonyl (C=O) groups excluding carboxylic acids is 1. The van der Waals surface area contributed by atoms with Gasteiger partial charge in [0.1, 0.15) is 0 Å². The van der Waals surface area contributed by atoms with Gasteiger partial charge in [-0.25, -0.2) is 4.79 Å². The molecule has 20 heavy (non-hydrogen) atoms. The summed E-state index contributed by atoms with van der Waals surface area (Å²) < 4.78 is 5.27. The average Bonchev–Trinajstić information content (AvgIpc) is 2.47. The number of nitrogens with zero attached hydrogens (tertiary/aromatic N) is 1. The average molecular weight is 278 g/mol. The molecule has 6 heteroatoms. The van der Waals surface area contributed by atoms with Crippen molar-refractivity contribution in [3.05, 3.63) is 35.4 Å². The quantitative estimate of drug-likeness (QED) is 0.843. The molecular weight excluding hydrogens is 260 g/mol. The molecule has 1 aromatic rings. The van der Waals surface area contributed by atoms with Crippen LogP contribution in [-0.4, -0.2) is 54.2 Å². The van der Waals surface area contributed by atoms with Gasteiger partial charge in [-0.2, -0.15) is 0 Å². The Morgan fingerprint density at radius 3 is 2.75 bits per heavy atom. The Morgan fingerprint density at radius 1 is 1.40 bits per heavy atom. The van der Waals surface area contributed by atoms with Crippen LogP contribution in [0.5, 0.6) is 0 Å². The molecule has 2 atom stereocenters. The van der Waals surface area contributed by atoms with Gasteiger partial charge in [0, 0.05) is 31.8 Å². The molecule has 1 aliphatic heterocycles. The molecule has 1 amide bonds. The monoisotopic (exact) mass is 278 g/mol. The molecular formula is C14H18N2O4. The number of likely N-dealkylation sites (tertiary alicyclic amines) is 1. The third-order valence-corrected chi connectivity index (χ3v) is 3.56. The van der Waals surface area contributed by atoms with Crippen molar-refractivity contribution in [2.24, 2.45) is 5.73 Å². The van der Waals surface area contributed by atoms with Crippen LogP contribution in [0.25, 0.3) is 0 Å². The summed E-state index contributed by atoms with van der Waals surface area (Å²) in [5.41, 5.74) is 6.39. The number of ether oxygens (including phenoxy) is 1. The van der Waals surface area contributed by atoms with Crippen molar-refractivity contribution in [1.82, 2.24) is 4.90 Å². The molecule has 0 saturated carbocycles. The molecule has 0 bridgehead atoms. The first-order valence-electron chi connectivity index (χ1n) is 6.44. The Morgan fingerprint density at radius 2 is 2.10 bits per heavy atom. The van der Waals surface area contributed by atoms with E-state index in [0.29, 0.717) is 25.1 Å². The van der Waals surface area contributed by atoms with Crippen molar-refractivity contribution >= 4 is 11.9 Å². The number of amides is 1. The summed E-state index contributed by atoms with van der Waals surface area (Å²) in [4.78, 5) is 25.0. The maximum absolute atomic E-state index is 12.4. The van der Waals surface area contributed by atoms with Gasteiger partial charge in [-0.1, -0.05) is 6.07 Å². The smallest absolute Gasteiger partial charge is 0.335 e. The van der Waals surface area contributed by atoms with Gasteiger partial charge in [0.05, 0.1) is 11.7 Å². The normalized spacial score (nSPS) is 22.6. The lowest BCUT2D eigenvalue weighted by Crippen LogP contribution is -2.53. The fourth-order valence-corrected chi connectivity index (χ4v) is 2.34. The number of rotatable bonds is 3. The second-order valence-corrected chi connectivity index (χ2v) is 4.86. The van der Waals surface area contributed by atoms with E-state index < -0.39 is 5.97 Å². The van der Waals surface area contributed by atoms with E-state index in [4.69, 9.17) is 15.6 Å². The minimum absolute atomic E-state index is 0.0746. The highest BCUT2D eigenvalue weighted by molar-refractivity contribution is 5.97. The summed E-state index contributed by atoms with van der Waals surface area (Å²) in [6.07, 6.45) is 0.485. The predicted octanol–water partition coefficient (Wildman–Crippen LogP) is 0.573. The maximum Gasteiger partial charge on any atom is 0.335 e. The summed E-state index contributed by atoms with van der Waals surface area (Å²) in [6.45, 7) is 0.977. The molecule has 0 spiro atoms. The van der Waals surface area contributed by atoms with E-state index in [1.54, 1.807) is 24.1 Å². The number of carboxylic acid groups (broad SMARTS) is 1. The number of aromatic carboxylic acids is 1. The molecule has 1 fully saturated rings. The highest BCUT2D eigenvalue weighted by Gasteiger charge is 2.29. The number of carbonyl (C=O) groups is 2. The largest absolute Gasteiger partial charge is 0.478 e. The molecule has 0 unspecified atom stereocenters. The SMILES string of the molecule is CO[C@H]1CN(C(=O)c2cccc(C(=O)O)c2)CC[C@H]1N. The lowest BCUT2D eigenvalue weighted by molar-refractivity contribution is 0.0162. The van der Waals surface area contributed by atoms with Crippen LogP contribution in [0.15, 0.2) is 24.3 Å². The zero-order valence-corrected chi connectivity index (χ0v) is 11.3. The van der Waals surface area contributed by atoms with Crippen molar-refractivity contribution in [1.29, 1.82) is 0 Å². The van der Waals surface area contributed by atoms with E-state index in [1.165, 1.54) is 12.1 Å². The topological polar surface area (TPSA) is 92.9 Å². The van der Waals surface area contributed by atoms with Crippen molar-refractivity contribution in [3.8, 4) is 0 Å². The second kappa shape index (κ2) is 6.02. The summed E-state index contributed by atoms with van der Waals surface area (Å²) >= 11 is 0. The lowest BCUT2D eigenvalue weighted by Gasteiger charge is -2.36. The number of hydrogen-bond donors (Lipinski definition) is 2. The van der Waals surface area contributed by atoms with Crippen LogP contribution in [0.1, 0.15) is 27.1 Å². The molecule has 0 radical (unpaired) electrons. The molecule has 1 heterocycles. The molecule has 1 saturated heterocycles. The number of nitrogens with two attached hydrogens (primary N) is 1. The predicted molar refractivity (Wildman–Crippen MR) is 72.7 cm³/mol. The summed E-state index contributed by atoms with van der Waals surface area (Å²) in [7, 11) is 1.57. The number of methoxy groups -OCH3 is 1. The van der Waals surface area contributed by atoms with Gasteiger partial charge in [0.25, 0.3) is 5.91 Å². The Hall–Kier alpha value is -1.92. The standard InChI is InChI=1S/C14H18N2O4/c1-20-12-8-16(6-5-11(12)15)13(17)9-3-2-4-10(7-9)14(18)19/h2-4,7,11-12H,5-6,8,15H2,1H3,(H,18,19)/t11-,12+/m1/s1. The van der Waals surface area contributed by atoms with Gasteiger partial charge < -0.3 is 20.5 Å². The Bertz CT molecular complexity index is 518. The van der Waals surface area contributed by atoms with E-state index in [2.05, 4.69) is 0 Å². The summed E-state index contributed by atoms with van der Waals surface area (Å²) in [6, 6.07) is 5.96.